The van der Waals surface area contributed by atoms with Gasteiger partial charge >= 0.3 is 0 Å². The van der Waals surface area contributed by atoms with Gasteiger partial charge in [0.05, 0.1) is 5.92 Å². The number of rotatable bonds is 2. The normalized spacial score (nSPS) is 36.1. The van der Waals surface area contributed by atoms with E-state index in [0.29, 0.717) is 23.4 Å². The average molecular weight is 296 g/mol. The number of nitro groups is 1. The van der Waals surface area contributed by atoms with E-state index in [1.165, 1.54) is 0 Å². The molecule has 2 bridgehead atoms. The van der Waals surface area contributed by atoms with Gasteiger partial charge in [0.2, 0.25) is 0 Å². The summed E-state index contributed by atoms with van der Waals surface area (Å²) >= 11 is 5.83. The van der Waals surface area contributed by atoms with E-state index in [1.807, 2.05) is 0 Å². The van der Waals surface area contributed by atoms with Crippen LogP contribution in [0.2, 0.25) is 5.02 Å². The standard InChI is InChI=1S/C14H14ClNO4/c15-9-5-3-8(4-6-9)11-10-2-1-7-14(18,13(10)17)12(11)16(19)20/h3-6,10-12,18H,1-2,7H2/t10-,11-,12-,14-/m0/s1. The average Bonchev–Trinajstić information content (AvgIpc) is 2.54. The van der Waals surface area contributed by atoms with Crippen molar-refractivity contribution >= 4 is 17.4 Å². The predicted octanol–water partition coefficient (Wildman–Crippen LogP) is 2.18. The molecule has 4 atom stereocenters. The van der Waals surface area contributed by atoms with Crippen LogP contribution >= 0.6 is 11.6 Å². The van der Waals surface area contributed by atoms with Crippen molar-refractivity contribution in [1.82, 2.24) is 0 Å². The number of nitrogens with zero attached hydrogens (tertiary/aromatic N) is 1. The summed E-state index contributed by atoms with van der Waals surface area (Å²) in [7, 11) is 0. The summed E-state index contributed by atoms with van der Waals surface area (Å²) in [6.45, 7) is 0. The van der Waals surface area contributed by atoms with Gasteiger partial charge in [0, 0.05) is 15.9 Å². The maximum absolute atomic E-state index is 12.3. The van der Waals surface area contributed by atoms with Crippen LogP contribution in [-0.4, -0.2) is 27.5 Å². The van der Waals surface area contributed by atoms with Crippen molar-refractivity contribution in [1.29, 1.82) is 0 Å². The van der Waals surface area contributed by atoms with Gasteiger partial charge in [0.25, 0.3) is 6.04 Å². The Labute approximate surface area is 120 Å². The van der Waals surface area contributed by atoms with Crippen molar-refractivity contribution < 1.29 is 14.8 Å². The summed E-state index contributed by atoms with van der Waals surface area (Å²) in [5, 5.41) is 22.4. The number of hydrogen-bond donors (Lipinski definition) is 1. The van der Waals surface area contributed by atoms with Crippen LogP contribution in [0.25, 0.3) is 0 Å². The lowest BCUT2D eigenvalue weighted by Crippen LogP contribution is -2.49. The molecular formula is C14H14ClNO4. The second-order valence-electron chi connectivity index (χ2n) is 5.59. The first-order chi connectivity index (χ1) is 9.45. The number of aliphatic hydroxyl groups is 1. The molecule has 1 N–H and O–H groups in total. The van der Waals surface area contributed by atoms with Gasteiger partial charge in [-0.25, -0.2) is 0 Å². The number of hydrogen-bond acceptors (Lipinski definition) is 4. The number of ketones is 1. The molecule has 1 aromatic rings. The molecular weight excluding hydrogens is 282 g/mol. The highest BCUT2D eigenvalue weighted by molar-refractivity contribution is 6.30. The first kappa shape index (κ1) is 13.5. The third-order valence-electron chi connectivity index (χ3n) is 4.58. The first-order valence-corrected chi connectivity index (χ1v) is 6.98. The molecule has 3 rings (SSSR count). The van der Waals surface area contributed by atoms with Gasteiger partial charge in [0.15, 0.2) is 11.4 Å². The zero-order valence-electron chi connectivity index (χ0n) is 10.7. The zero-order valence-corrected chi connectivity index (χ0v) is 11.4. The minimum absolute atomic E-state index is 0.179. The van der Waals surface area contributed by atoms with E-state index in [0.717, 1.165) is 0 Å². The van der Waals surface area contributed by atoms with Crippen molar-refractivity contribution in [3.63, 3.8) is 0 Å². The topological polar surface area (TPSA) is 80.4 Å². The van der Waals surface area contributed by atoms with Crippen LogP contribution in [0.5, 0.6) is 0 Å². The summed E-state index contributed by atoms with van der Waals surface area (Å²) in [6, 6.07) is 5.47. The van der Waals surface area contributed by atoms with E-state index in [2.05, 4.69) is 0 Å². The number of Topliss-reactive ketones (excluding diaryl/α,β-unsaturated/α-hetero) is 1. The first-order valence-electron chi connectivity index (χ1n) is 6.61. The maximum Gasteiger partial charge on any atom is 0.255 e. The third kappa shape index (κ3) is 1.77. The lowest BCUT2D eigenvalue weighted by atomic mass is 9.82. The second kappa shape index (κ2) is 4.53. The van der Waals surface area contributed by atoms with Crippen molar-refractivity contribution in [3.05, 3.63) is 45.0 Å². The SMILES string of the molecule is O=C1[C@H]2CCC[C@]1(O)[C@@H]([N+](=O)[O-])[C@H]2c1ccc(Cl)cc1. The van der Waals surface area contributed by atoms with Gasteiger partial charge < -0.3 is 5.11 Å². The summed E-state index contributed by atoms with van der Waals surface area (Å²) in [5.41, 5.74) is -1.11. The van der Waals surface area contributed by atoms with Crippen LogP contribution in [0.4, 0.5) is 0 Å². The fourth-order valence-electron chi connectivity index (χ4n) is 3.73. The van der Waals surface area contributed by atoms with Gasteiger partial charge in [-0.05, 0) is 37.0 Å². The van der Waals surface area contributed by atoms with Crippen molar-refractivity contribution in [2.75, 3.05) is 0 Å². The number of halogens is 1. The summed E-state index contributed by atoms with van der Waals surface area (Å²) < 4.78 is 0. The summed E-state index contributed by atoms with van der Waals surface area (Å²) in [4.78, 5) is 23.2. The molecule has 2 aliphatic carbocycles. The van der Waals surface area contributed by atoms with E-state index in [4.69, 9.17) is 11.6 Å². The maximum atomic E-state index is 12.3. The highest BCUT2D eigenvalue weighted by Gasteiger charge is 2.67. The van der Waals surface area contributed by atoms with Gasteiger partial charge in [-0.1, -0.05) is 23.7 Å². The minimum atomic E-state index is -1.81. The molecule has 106 valence electrons. The molecule has 0 unspecified atom stereocenters. The lowest BCUT2D eigenvalue weighted by Gasteiger charge is -2.25. The highest BCUT2D eigenvalue weighted by Crippen LogP contribution is 2.51. The summed E-state index contributed by atoms with van der Waals surface area (Å²) in [6.07, 6.45) is 1.41. The van der Waals surface area contributed by atoms with Crippen LogP contribution in [-0.2, 0) is 4.79 Å². The predicted molar refractivity (Wildman–Crippen MR) is 72.3 cm³/mol. The molecule has 2 saturated carbocycles. The molecule has 0 saturated heterocycles. The Kier molecular flexibility index (Phi) is 3.06. The number of carbonyl (C=O) groups excluding carboxylic acids is 1. The smallest absolute Gasteiger partial charge is 0.255 e. The molecule has 0 spiro atoms. The zero-order chi connectivity index (χ0) is 14.5. The number of carbonyl (C=O) groups is 1. The van der Waals surface area contributed by atoms with Crippen LogP contribution in [0.15, 0.2) is 24.3 Å². The molecule has 5 nitrogen and oxygen atoms in total. The molecule has 0 radical (unpaired) electrons. The van der Waals surface area contributed by atoms with Crippen molar-refractivity contribution in [2.24, 2.45) is 5.92 Å². The Morgan fingerprint density at radius 1 is 1.35 bits per heavy atom. The molecule has 2 aliphatic rings. The molecule has 6 heteroatoms. The molecule has 2 fully saturated rings. The second-order valence-corrected chi connectivity index (χ2v) is 6.03. The van der Waals surface area contributed by atoms with Crippen LogP contribution in [0.3, 0.4) is 0 Å². The van der Waals surface area contributed by atoms with E-state index in [-0.39, 0.29) is 12.2 Å². The minimum Gasteiger partial charge on any atom is -0.376 e. The highest BCUT2D eigenvalue weighted by atomic mass is 35.5. The van der Waals surface area contributed by atoms with Crippen LogP contribution in [0, 0.1) is 16.0 Å². The van der Waals surface area contributed by atoms with Gasteiger partial charge in [-0.3, -0.25) is 14.9 Å². The molecule has 0 amide bonds. The monoisotopic (exact) mass is 295 g/mol. The van der Waals surface area contributed by atoms with Crippen molar-refractivity contribution in [3.8, 4) is 0 Å². The molecule has 20 heavy (non-hydrogen) atoms. The Hall–Kier alpha value is -1.46. The van der Waals surface area contributed by atoms with E-state index < -0.39 is 28.4 Å². The fraction of sp³-hybridized carbons (Fsp3) is 0.500. The van der Waals surface area contributed by atoms with Crippen LogP contribution in [0.1, 0.15) is 30.7 Å². The van der Waals surface area contributed by atoms with Gasteiger partial charge in [-0.15, -0.1) is 0 Å². The van der Waals surface area contributed by atoms with E-state index >= 15 is 0 Å². The Morgan fingerprint density at radius 3 is 2.60 bits per heavy atom. The van der Waals surface area contributed by atoms with E-state index in [9.17, 15) is 20.0 Å². The summed E-state index contributed by atoms with van der Waals surface area (Å²) in [5.74, 6) is -1.40. The van der Waals surface area contributed by atoms with Crippen molar-refractivity contribution in [2.45, 2.75) is 36.8 Å². The van der Waals surface area contributed by atoms with Gasteiger partial charge in [0.1, 0.15) is 0 Å². The van der Waals surface area contributed by atoms with Crippen LogP contribution < -0.4 is 0 Å². The van der Waals surface area contributed by atoms with E-state index in [1.54, 1.807) is 24.3 Å². The Morgan fingerprint density at radius 2 is 2.00 bits per heavy atom. The number of fused-ring (bicyclic) bond motifs is 2. The lowest BCUT2D eigenvalue weighted by molar-refractivity contribution is -0.542. The number of benzene rings is 1. The Balaban J connectivity index is 2.10. The quantitative estimate of drug-likeness (QED) is 0.670. The van der Waals surface area contributed by atoms with Gasteiger partial charge in [-0.2, -0.15) is 0 Å². The molecule has 0 aliphatic heterocycles. The Bertz CT molecular complexity index is 573. The molecule has 0 heterocycles. The molecule has 1 aromatic carbocycles. The third-order valence-corrected chi connectivity index (χ3v) is 4.83. The largest absolute Gasteiger partial charge is 0.376 e. The molecule has 0 aromatic heterocycles. The fourth-order valence-corrected chi connectivity index (χ4v) is 3.85.